The number of aliphatic hydroxyl groups excluding tert-OH is 1. The van der Waals surface area contributed by atoms with Crippen molar-refractivity contribution in [3.63, 3.8) is 0 Å². The van der Waals surface area contributed by atoms with Crippen LogP contribution >= 0.6 is 23.5 Å². The Kier molecular flexibility index (Phi) is 6.09. The smallest absolute Gasteiger partial charge is 0.353 e. The van der Waals surface area contributed by atoms with Crippen LogP contribution in [0.15, 0.2) is 10.6 Å². The number of carbonyl (C=O) groups is 3. The molecule has 0 radical (unpaired) electrons. The monoisotopic (exact) mass is 415 g/mol. The van der Waals surface area contributed by atoms with E-state index in [4.69, 9.17) is 5.73 Å². The molecule has 3 heterocycles. The highest BCUT2D eigenvalue weighted by atomic mass is 32.2. The normalized spacial score (nSPS) is 33.8. The van der Waals surface area contributed by atoms with Crippen molar-refractivity contribution in [2.75, 3.05) is 18.1 Å². The molecule has 3 aliphatic heterocycles. The van der Waals surface area contributed by atoms with Gasteiger partial charge in [-0.2, -0.15) is 11.8 Å². The number of rotatable bonds is 8. The summed E-state index contributed by atoms with van der Waals surface area (Å²) in [7, 11) is 0. The summed E-state index contributed by atoms with van der Waals surface area (Å²) in [6, 6.07) is -0.0244. The van der Waals surface area contributed by atoms with E-state index in [0.29, 0.717) is 5.75 Å². The number of hydrogen-bond acceptors (Lipinski definition) is 7. The zero-order valence-electron chi connectivity index (χ0n) is 15.3. The third-order valence-corrected chi connectivity index (χ3v) is 7.99. The fourth-order valence-electron chi connectivity index (χ4n) is 4.16. The number of primary amides is 1. The lowest BCUT2D eigenvalue weighted by atomic mass is 9.79. The Hall–Kier alpha value is -1.23. The summed E-state index contributed by atoms with van der Waals surface area (Å²) < 4.78 is 0. The molecule has 2 fully saturated rings. The number of fused-ring (bicyclic) bond motifs is 1. The molecule has 8 nitrogen and oxygen atoms in total. The lowest BCUT2D eigenvalue weighted by Crippen LogP contribution is -2.63. The van der Waals surface area contributed by atoms with E-state index >= 15 is 0 Å². The number of aliphatic carboxylic acids is 1. The summed E-state index contributed by atoms with van der Waals surface area (Å²) >= 11 is 3.02. The zero-order valence-corrected chi connectivity index (χ0v) is 16.9. The first-order valence-electron chi connectivity index (χ1n) is 8.97. The number of β-lactam (4-membered cyclic amide) rings is 1. The van der Waals surface area contributed by atoms with Crippen LogP contribution in [0.5, 0.6) is 0 Å². The van der Waals surface area contributed by atoms with Gasteiger partial charge in [0.25, 0.3) is 0 Å². The van der Waals surface area contributed by atoms with Crippen LogP contribution in [0, 0.1) is 11.8 Å². The highest BCUT2D eigenvalue weighted by Gasteiger charge is 2.60. The molecule has 27 heavy (non-hydrogen) atoms. The molecule has 150 valence electrons. The highest BCUT2D eigenvalue weighted by Crippen LogP contribution is 2.51. The number of carboxylic acids is 1. The van der Waals surface area contributed by atoms with E-state index in [-0.39, 0.29) is 40.8 Å². The Morgan fingerprint density at radius 3 is 2.74 bits per heavy atom. The molecule has 0 aliphatic carbocycles. The fourth-order valence-corrected chi connectivity index (χ4v) is 6.53. The highest BCUT2D eigenvalue weighted by molar-refractivity contribution is 8.03. The van der Waals surface area contributed by atoms with Gasteiger partial charge in [0.05, 0.1) is 23.8 Å². The van der Waals surface area contributed by atoms with Crippen molar-refractivity contribution in [2.24, 2.45) is 17.6 Å². The lowest BCUT2D eigenvalue weighted by Gasteiger charge is -2.46. The third-order valence-electron chi connectivity index (χ3n) is 5.35. The summed E-state index contributed by atoms with van der Waals surface area (Å²) in [6.07, 6.45) is 0.0678. The van der Waals surface area contributed by atoms with Gasteiger partial charge in [-0.05, 0) is 13.3 Å². The Bertz CT molecular complexity index is 683. The summed E-state index contributed by atoms with van der Waals surface area (Å²) in [5.41, 5.74) is 5.23. The topological polar surface area (TPSA) is 133 Å². The SMILES string of the molecule is CC1C(S[C@@H]2CN[C@H](CSCC(N)=O)C2)=C(C(=O)O)N2C(=O)C([C@@H](C)O)C12. The number of amides is 2. The number of carboxylic acid groups (broad SMARTS) is 1. The summed E-state index contributed by atoms with van der Waals surface area (Å²) in [4.78, 5) is 37.1. The molecule has 0 aromatic carbocycles. The molecule has 5 N–H and O–H groups in total. The Morgan fingerprint density at radius 2 is 2.15 bits per heavy atom. The minimum atomic E-state index is -1.09. The molecule has 3 rings (SSSR count). The average molecular weight is 416 g/mol. The van der Waals surface area contributed by atoms with Gasteiger partial charge < -0.3 is 26.2 Å². The van der Waals surface area contributed by atoms with Gasteiger partial charge in [-0.25, -0.2) is 4.79 Å². The second-order valence-corrected chi connectivity index (χ2v) is 9.71. The molecule has 3 aliphatic rings. The Labute approximate surface area is 166 Å². The van der Waals surface area contributed by atoms with Crippen LogP contribution in [-0.4, -0.2) is 74.4 Å². The number of nitrogens with one attached hydrogen (secondary N) is 1. The largest absolute Gasteiger partial charge is 0.477 e. The van der Waals surface area contributed by atoms with Crippen molar-refractivity contribution in [1.82, 2.24) is 10.2 Å². The van der Waals surface area contributed by atoms with Gasteiger partial charge in [-0.3, -0.25) is 9.59 Å². The Morgan fingerprint density at radius 1 is 1.44 bits per heavy atom. The maximum atomic E-state index is 12.4. The average Bonchev–Trinajstić information content (AvgIpc) is 3.09. The lowest BCUT2D eigenvalue weighted by molar-refractivity contribution is -0.163. The second-order valence-electron chi connectivity index (χ2n) is 7.33. The maximum Gasteiger partial charge on any atom is 0.353 e. The third kappa shape index (κ3) is 3.85. The number of hydrogen-bond donors (Lipinski definition) is 4. The van der Waals surface area contributed by atoms with Crippen molar-refractivity contribution < 1.29 is 24.6 Å². The summed E-state index contributed by atoms with van der Waals surface area (Å²) in [5.74, 6) is -1.31. The molecule has 10 heteroatoms. The van der Waals surface area contributed by atoms with E-state index in [1.807, 2.05) is 6.92 Å². The first-order valence-corrected chi connectivity index (χ1v) is 11.0. The minimum absolute atomic E-state index is 0.0750. The predicted molar refractivity (Wildman–Crippen MR) is 104 cm³/mol. The van der Waals surface area contributed by atoms with Gasteiger partial charge in [-0.15, -0.1) is 11.8 Å². The number of thioether (sulfide) groups is 2. The molecular weight excluding hydrogens is 390 g/mol. The molecule has 0 aromatic heterocycles. The molecule has 0 spiro atoms. The van der Waals surface area contributed by atoms with E-state index in [1.165, 1.54) is 28.4 Å². The fraction of sp³-hybridized carbons (Fsp3) is 0.706. The molecule has 0 bridgehead atoms. The zero-order chi connectivity index (χ0) is 19.9. The molecule has 2 amide bonds. The van der Waals surface area contributed by atoms with Gasteiger partial charge >= 0.3 is 5.97 Å². The Balaban J connectivity index is 1.66. The van der Waals surface area contributed by atoms with Crippen LogP contribution in [0.4, 0.5) is 0 Å². The van der Waals surface area contributed by atoms with Gasteiger partial charge in [0.2, 0.25) is 11.8 Å². The predicted octanol–water partition coefficient (Wildman–Crippen LogP) is -0.178. The first-order chi connectivity index (χ1) is 12.7. The van der Waals surface area contributed by atoms with Crippen LogP contribution in [0.3, 0.4) is 0 Å². The number of aliphatic hydroxyl groups is 1. The van der Waals surface area contributed by atoms with Gasteiger partial charge in [0.1, 0.15) is 5.70 Å². The van der Waals surface area contributed by atoms with Crippen LogP contribution < -0.4 is 11.1 Å². The summed E-state index contributed by atoms with van der Waals surface area (Å²) in [6.45, 7) is 4.25. The maximum absolute atomic E-state index is 12.4. The van der Waals surface area contributed by atoms with E-state index < -0.39 is 18.0 Å². The van der Waals surface area contributed by atoms with Crippen molar-refractivity contribution in [2.45, 2.75) is 43.7 Å². The van der Waals surface area contributed by atoms with Crippen molar-refractivity contribution in [3.05, 3.63) is 10.6 Å². The summed E-state index contributed by atoms with van der Waals surface area (Å²) in [5, 5.41) is 23.2. The standard InChI is InChI=1S/C17H25N3O5S2/c1-7-13-12(8(2)21)16(23)20(13)14(17(24)25)15(7)27-10-3-9(19-4-10)5-26-6-11(18)22/h7-10,12-13,19,21H,3-6H2,1-2H3,(H2,18,22)(H,24,25)/t7?,8-,9+,10+,12?,13?/m1/s1. The van der Waals surface area contributed by atoms with Crippen LogP contribution in [0.2, 0.25) is 0 Å². The van der Waals surface area contributed by atoms with Crippen molar-refractivity contribution in [3.8, 4) is 0 Å². The molecule has 0 saturated carbocycles. The van der Waals surface area contributed by atoms with Crippen LogP contribution in [0.1, 0.15) is 20.3 Å². The van der Waals surface area contributed by atoms with E-state index in [1.54, 1.807) is 6.92 Å². The van der Waals surface area contributed by atoms with Crippen molar-refractivity contribution in [1.29, 1.82) is 0 Å². The van der Waals surface area contributed by atoms with Gasteiger partial charge in [-0.1, -0.05) is 6.92 Å². The van der Waals surface area contributed by atoms with Crippen LogP contribution in [0.25, 0.3) is 0 Å². The molecular formula is C17H25N3O5S2. The van der Waals surface area contributed by atoms with E-state index in [2.05, 4.69) is 5.32 Å². The first kappa shape index (κ1) is 20.5. The molecule has 2 saturated heterocycles. The molecule has 3 unspecified atom stereocenters. The molecule has 0 aromatic rings. The second kappa shape index (κ2) is 8.02. The number of nitrogens with two attached hydrogens (primary N) is 1. The van der Waals surface area contributed by atoms with Gasteiger partial charge in [0, 0.05) is 34.4 Å². The van der Waals surface area contributed by atoms with Crippen LogP contribution in [-0.2, 0) is 14.4 Å². The van der Waals surface area contributed by atoms with E-state index in [9.17, 15) is 24.6 Å². The quantitative estimate of drug-likeness (QED) is 0.401. The number of carbonyl (C=O) groups excluding carboxylic acids is 2. The molecule has 6 atom stereocenters. The number of nitrogens with zero attached hydrogens (tertiary/aromatic N) is 1. The van der Waals surface area contributed by atoms with Crippen molar-refractivity contribution >= 4 is 41.3 Å². The van der Waals surface area contributed by atoms with E-state index in [0.717, 1.165) is 23.6 Å². The van der Waals surface area contributed by atoms with Gasteiger partial charge in [0.15, 0.2) is 0 Å². The minimum Gasteiger partial charge on any atom is -0.477 e.